The number of ether oxygens (including phenoxy) is 1. The van der Waals surface area contributed by atoms with Crippen LogP contribution in [0.1, 0.15) is 30.1 Å². The molecule has 1 amide bonds. The highest BCUT2D eigenvalue weighted by atomic mass is 16.5. The van der Waals surface area contributed by atoms with Crippen LogP contribution in [-0.4, -0.2) is 38.1 Å². The molecule has 6 nitrogen and oxygen atoms in total. The highest BCUT2D eigenvalue weighted by Crippen LogP contribution is 2.24. The first-order valence-electron chi connectivity index (χ1n) is 7.08. The number of carbonyl (C=O) groups is 2. The molecule has 1 aromatic rings. The van der Waals surface area contributed by atoms with Crippen LogP contribution in [0.15, 0.2) is 18.2 Å². The highest BCUT2D eigenvalue weighted by Gasteiger charge is 2.23. The fourth-order valence-corrected chi connectivity index (χ4v) is 2.05. The molecule has 3 N–H and O–H groups in total. The van der Waals surface area contributed by atoms with Gasteiger partial charge in [0, 0.05) is 13.1 Å². The maximum Gasteiger partial charge on any atom is 0.338 e. The Hall–Kier alpha value is -2.24. The van der Waals surface area contributed by atoms with Crippen molar-refractivity contribution in [3.8, 4) is 0 Å². The molecule has 0 heterocycles. The number of rotatable bonds is 6. The van der Waals surface area contributed by atoms with Gasteiger partial charge >= 0.3 is 5.97 Å². The first kappa shape index (κ1) is 15.2. The molecule has 0 aromatic heterocycles. The van der Waals surface area contributed by atoms with Gasteiger partial charge in [-0.3, -0.25) is 4.79 Å². The zero-order valence-corrected chi connectivity index (χ0v) is 12.4. The summed E-state index contributed by atoms with van der Waals surface area (Å²) in [5.41, 5.74) is 7.54. The summed E-state index contributed by atoms with van der Waals surface area (Å²) in [6, 6.07) is 5.29. The standard InChI is InChI=1S/C15H21N3O3/c1-3-21-15(20)10-4-7-13(12(16)8-10)18(2)9-14(19)17-11-5-6-11/h4,7-8,11H,3,5-6,9,16H2,1-2H3,(H,17,19). The fraction of sp³-hybridized carbons (Fsp3) is 0.467. The Bertz CT molecular complexity index is 541. The van der Waals surface area contributed by atoms with Crippen LogP contribution in [-0.2, 0) is 9.53 Å². The van der Waals surface area contributed by atoms with Crippen molar-refractivity contribution < 1.29 is 14.3 Å². The Labute approximate surface area is 124 Å². The van der Waals surface area contributed by atoms with Gasteiger partial charge < -0.3 is 20.7 Å². The third kappa shape index (κ3) is 4.11. The first-order valence-corrected chi connectivity index (χ1v) is 7.08. The zero-order chi connectivity index (χ0) is 15.4. The first-order chi connectivity index (χ1) is 10.0. The van der Waals surface area contributed by atoms with E-state index in [2.05, 4.69) is 5.32 Å². The summed E-state index contributed by atoms with van der Waals surface area (Å²) in [6.45, 7) is 2.31. The van der Waals surface area contributed by atoms with Gasteiger partial charge in [-0.05, 0) is 38.0 Å². The van der Waals surface area contributed by atoms with Crippen molar-refractivity contribution in [1.82, 2.24) is 5.32 Å². The summed E-state index contributed by atoms with van der Waals surface area (Å²) in [5.74, 6) is -0.418. The number of carbonyl (C=O) groups excluding carboxylic acids is 2. The lowest BCUT2D eigenvalue weighted by Crippen LogP contribution is -2.36. The average molecular weight is 291 g/mol. The molecule has 0 bridgehead atoms. The second-order valence-corrected chi connectivity index (χ2v) is 5.19. The number of nitrogens with one attached hydrogen (secondary N) is 1. The van der Waals surface area contributed by atoms with E-state index in [1.54, 1.807) is 37.1 Å². The van der Waals surface area contributed by atoms with E-state index in [-0.39, 0.29) is 12.5 Å². The number of amides is 1. The Morgan fingerprint density at radius 2 is 2.14 bits per heavy atom. The van der Waals surface area contributed by atoms with Gasteiger partial charge in [-0.15, -0.1) is 0 Å². The minimum atomic E-state index is -0.398. The van der Waals surface area contributed by atoms with E-state index >= 15 is 0 Å². The minimum Gasteiger partial charge on any atom is -0.462 e. The normalized spacial score (nSPS) is 13.6. The number of nitrogens with two attached hydrogens (primary N) is 1. The maximum atomic E-state index is 11.8. The third-order valence-corrected chi connectivity index (χ3v) is 3.27. The minimum absolute atomic E-state index is 0.0196. The van der Waals surface area contributed by atoms with Crippen LogP contribution in [0.4, 0.5) is 11.4 Å². The van der Waals surface area contributed by atoms with Crippen LogP contribution in [0.2, 0.25) is 0 Å². The van der Waals surface area contributed by atoms with Crippen molar-refractivity contribution >= 4 is 23.3 Å². The number of nitrogens with zero attached hydrogens (tertiary/aromatic N) is 1. The molecule has 0 saturated heterocycles. The molecule has 1 saturated carbocycles. The van der Waals surface area contributed by atoms with Gasteiger partial charge in [0.1, 0.15) is 0 Å². The molecular weight excluding hydrogens is 270 g/mol. The summed E-state index contributed by atoms with van der Waals surface area (Å²) < 4.78 is 4.93. The molecule has 0 spiro atoms. The lowest BCUT2D eigenvalue weighted by Gasteiger charge is -2.21. The van der Waals surface area contributed by atoms with Gasteiger partial charge in [-0.2, -0.15) is 0 Å². The number of esters is 1. The Morgan fingerprint density at radius 3 is 2.71 bits per heavy atom. The summed E-state index contributed by atoms with van der Waals surface area (Å²) in [7, 11) is 1.79. The third-order valence-electron chi connectivity index (χ3n) is 3.27. The van der Waals surface area contributed by atoms with E-state index in [1.165, 1.54) is 0 Å². The topological polar surface area (TPSA) is 84.7 Å². The average Bonchev–Trinajstić information content (AvgIpc) is 3.22. The van der Waals surface area contributed by atoms with Crippen molar-refractivity contribution in [3.05, 3.63) is 23.8 Å². The smallest absolute Gasteiger partial charge is 0.338 e. The largest absolute Gasteiger partial charge is 0.462 e. The van der Waals surface area contributed by atoms with Crippen molar-refractivity contribution in [3.63, 3.8) is 0 Å². The molecule has 1 fully saturated rings. The van der Waals surface area contributed by atoms with Crippen molar-refractivity contribution in [2.45, 2.75) is 25.8 Å². The molecule has 0 radical (unpaired) electrons. The Kier molecular flexibility index (Phi) is 4.67. The van der Waals surface area contributed by atoms with Crippen LogP contribution in [0.25, 0.3) is 0 Å². The van der Waals surface area contributed by atoms with Crippen molar-refractivity contribution in [1.29, 1.82) is 0 Å². The zero-order valence-electron chi connectivity index (χ0n) is 12.4. The number of benzene rings is 1. The van der Waals surface area contributed by atoms with Crippen LogP contribution in [0, 0.1) is 0 Å². The SMILES string of the molecule is CCOC(=O)c1ccc(N(C)CC(=O)NC2CC2)c(N)c1. The van der Waals surface area contributed by atoms with Crippen LogP contribution in [0.3, 0.4) is 0 Å². The monoisotopic (exact) mass is 291 g/mol. The highest BCUT2D eigenvalue weighted by molar-refractivity contribution is 5.92. The summed E-state index contributed by atoms with van der Waals surface area (Å²) >= 11 is 0. The van der Waals surface area contributed by atoms with Gasteiger partial charge in [-0.25, -0.2) is 4.79 Å². The molecule has 21 heavy (non-hydrogen) atoms. The molecule has 114 valence electrons. The van der Waals surface area contributed by atoms with E-state index in [9.17, 15) is 9.59 Å². The summed E-state index contributed by atoms with van der Waals surface area (Å²) in [6.07, 6.45) is 2.12. The second kappa shape index (κ2) is 6.47. The van der Waals surface area contributed by atoms with Crippen molar-refractivity contribution in [2.24, 2.45) is 0 Å². The van der Waals surface area contributed by atoms with Gasteiger partial charge in [0.05, 0.1) is 30.1 Å². The molecule has 1 aliphatic rings. The summed E-state index contributed by atoms with van der Waals surface area (Å²) in [4.78, 5) is 25.2. The Balaban J connectivity index is 2.01. The van der Waals surface area contributed by atoms with E-state index in [0.717, 1.165) is 12.8 Å². The molecule has 1 aliphatic carbocycles. The number of likely N-dealkylation sites (N-methyl/N-ethyl adjacent to an activating group) is 1. The molecular formula is C15H21N3O3. The predicted molar refractivity (Wildman–Crippen MR) is 81.2 cm³/mol. The predicted octanol–water partition coefficient (Wildman–Crippen LogP) is 1.16. The number of nitrogen functional groups attached to an aromatic ring is 1. The lowest BCUT2D eigenvalue weighted by molar-refractivity contribution is -0.119. The van der Waals surface area contributed by atoms with Gasteiger partial charge in [-0.1, -0.05) is 0 Å². The van der Waals surface area contributed by atoms with Gasteiger partial charge in [0.2, 0.25) is 5.91 Å². The molecule has 1 aromatic carbocycles. The molecule has 0 aliphatic heterocycles. The van der Waals surface area contributed by atoms with E-state index in [0.29, 0.717) is 29.6 Å². The van der Waals surface area contributed by atoms with E-state index in [1.807, 2.05) is 0 Å². The van der Waals surface area contributed by atoms with Crippen molar-refractivity contribution in [2.75, 3.05) is 30.8 Å². The molecule has 0 atom stereocenters. The number of hydrogen-bond donors (Lipinski definition) is 2. The van der Waals surface area contributed by atoms with E-state index < -0.39 is 5.97 Å². The van der Waals surface area contributed by atoms with Gasteiger partial charge in [0.15, 0.2) is 0 Å². The van der Waals surface area contributed by atoms with Gasteiger partial charge in [0.25, 0.3) is 0 Å². The quantitative estimate of drug-likeness (QED) is 0.607. The molecule has 6 heteroatoms. The molecule has 2 rings (SSSR count). The summed E-state index contributed by atoms with van der Waals surface area (Å²) in [5, 5.41) is 2.92. The number of hydrogen-bond acceptors (Lipinski definition) is 5. The fourth-order valence-electron chi connectivity index (χ4n) is 2.05. The van der Waals surface area contributed by atoms with Crippen LogP contribution >= 0.6 is 0 Å². The maximum absolute atomic E-state index is 11.8. The van der Waals surface area contributed by atoms with Crippen LogP contribution < -0.4 is 16.0 Å². The second-order valence-electron chi connectivity index (χ2n) is 5.19. The number of anilines is 2. The van der Waals surface area contributed by atoms with Crippen LogP contribution in [0.5, 0.6) is 0 Å². The van der Waals surface area contributed by atoms with E-state index in [4.69, 9.17) is 10.5 Å². The lowest BCUT2D eigenvalue weighted by atomic mass is 10.1. The molecule has 0 unspecified atom stereocenters. The Morgan fingerprint density at radius 1 is 1.43 bits per heavy atom.